The van der Waals surface area contributed by atoms with E-state index < -0.39 is 11.4 Å². The Balaban J connectivity index is 1.26. The van der Waals surface area contributed by atoms with Crippen molar-refractivity contribution < 1.29 is 19.4 Å². The highest BCUT2D eigenvalue weighted by Crippen LogP contribution is 2.77. The molecule has 0 aromatic heterocycles. The lowest BCUT2D eigenvalue weighted by molar-refractivity contribution is -0.248. The Morgan fingerprint density at radius 3 is 2.14 bits per heavy atom. The molecule has 1 amide bonds. The number of carbonyl (C=O) groups is 2. The zero-order chi connectivity index (χ0) is 30.5. The number of allylic oxidation sites excluding steroid dienone is 1. The molecule has 0 aromatic carbocycles. The van der Waals surface area contributed by atoms with Gasteiger partial charge >= 0.3 is 12.1 Å². The predicted octanol–water partition coefficient (Wildman–Crippen LogP) is 7.48. The number of carbonyl (C=O) groups excluding carboxylic acids is 1. The van der Waals surface area contributed by atoms with E-state index in [1.165, 1.54) is 24.8 Å². The van der Waals surface area contributed by atoms with Crippen molar-refractivity contribution in [3.8, 4) is 0 Å². The molecular weight excluding hydrogens is 524 g/mol. The van der Waals surface area contributed by atoms with E-state index in [4.69, 9.17) is 4.74 Å². The van der Waals surface area contributed by atoms with Crippen molar-refractivity contribution >= 4 is 12.1 Å². The SMILES string of the molecule is C=C(C)[C@@H]1CC[C@]2(C(=O)O)CC[C@]3(C)[C@H](CC[C@@H]4[C@@]5(C)CC[C@H](OC(=O)N6CCN(C)CC6)C(C)(C)[C@@H]5CC[C@]43C)[C@@H]12. The van der Waals surface area contributed by atoms with Crippen LogP contribution in [0.4, 0.5) is 4.79 Å². The van der Waals surface area contributed by atoms with Crippen LogP contribution in [0.3, 0.4) is 0 Å². The third-order valence-electron chi connectivity index (χ3n) is 15.4. The average Bonchev–Trinajstić information content (AvgIpc) is 3.33. The van der Waals surface area contributed by atoms with Crippen LogP contribution in [-0.4, -0.2) is 66.3 Å². The number of fused-ring (bicyclic) bond motifs is 7. The number of hydrogen-bond donors (Lipinski definition) is 1. The molecule has 10 atom stereocenters. The molecule has 6 rings (SSSR count). The maximum Gasteiger partial charge on any atom is 0.410 e. The van der Waals surface area contributed by atoms with Gasteiger partial charge in [0.15, 0.2) is 0 Å². The topological polar surface area (TPSA) is 70.1 Å². The molecule has 0 bridgehead atoms. The summed E-state index contributed by atoms with van der Waals surface area (Å²) in [5, 5.41) is 10.6. The predicted molar refractivity (Wildman–Crippen MR) is 166 cm³/mol. The van der Waals surface area contributed by atoms with Gasteiger partial charge in [-0.25, -0.2) is 4.79 Å². The molecule has 0 radical (unpaired) electrons. The first-order valence-corrected chi connectivity index (χ1v) is 17.1. The normalized spacial score (nSPS) is 48.3. The fourth-order valence-electron chi connectivity index (χ4n) is 12.9. The summed E-state index contributed by atoms with van der Waals surface area (Å²) in [6, 6.07) is 0. The van der Waals surface area contributed by atoms with Crippen LogP contribution in [0.1, 0.15) is 106 Å². The third kappa shape index (κ3) is 4.04. The monoisotopic (exact) mass is 582 g/mol. The zero-order valence-electron chi connectivity index (χ0n) is 27.6. The van der Waals surface area contributed by atoms with Crippen molar-refractivity contribution in [2.75, 3.05) is 33.2 Å². The van der Waals surface area contributed by atoms with Crippen LogP contribution in [0.5, 0.6) is 0 Å². The Morgan fingerprint density at radius 2 is 1.50 bits per heavy atom. The molecule has 6 heteroatoms. The summed E-state index contributed by atoms with van der Waals surface area (Å²) in [4.78, 5) is 30.4. The molecule has 42 heavy (non-hydrogen) atoms. The number of hydrogen-bond acceptors (Lipinski definition) is 4. The van der Waals surface area contributed by atoms with Crippen LogP contribution >= 0.6 is 0 Å². The van der Waals surface area contributed by atoms with Gasteiger partial charge in [-0.15, -0.1) is 0 Å². The minimum atomic E-state index is -0.564. The van der Waals surface area contributed by atoms with E-state index in [0.29, 0.717) is 23.7 Å². The summed E-state index contributed by atoms with van der Waals surface area (Å²) in [6.07, 6.45) is 10.2. The van der Waals surface area contributed by atoms with E-state index in [0.717, 1.165) is 71.1 Å². The van der Waals surface area contributed by atoms with Crippen LogP contribution in [0.15, 0.2) is 12.2 Å². The smallest absolute Gasteiger partial charge is 0.410 e. The molecule has 1 aliphatic heterocycles. The number of carboxylic acids is 1. The van der Waals surface area contributed by atoms with Gasteiger partial charge in [-0.3, -0.25) is 4.79 Å². The van der Waals surface area contributed by atoms with E-state index >= 15 is 0 Å². The lowest BCUT2D eigenvalue weighted by Gasteiger charge is -2.72. The molecule has 236 valence electrons. The molecule has 6 nitrogen and oxygen atoms in total. The number of amides is 1. The highest BCUT2D eigenvalue weighted by Gasteiger charge is 2.72. The van der Waals surface area contributed by atoms with Gasteiger partial charge in [-0.05, 0) is 124 Å². The summed E-state index contributed by atoms with van der Waals surface area (Å²) in [6.45, 7) is 22.4. The van der Waals surface area contributed by atoms with Gasteiger partial charge in [0.25, 0.3) is 0 Å². The summed E-state index contributed by atoms with van der Waals surface area (Å²) < 4.78 is 6.36. The molecule has 1 N–H and O–H groups in total. The first-order chi connectivity index (χ1) is 19.6. The molecule has 1 heterocycles. The second-order valence-electron chi connectivity index (χ2n) is 17.2. The molecule has 0 unspecified atom stereocenters. The van der Waals surface area contributed by atoms with Crippen molar-refractivity contribution in [3.05, 3.63) is 12.2 Å². The zero-order valence-corrected chi connectivity index (χ0v) is 27.6. The van der Waals surface area contributed by atoms with E-state index in [-0.39, 0.29) is 39.8 Å². The fraction of sp³-hybridized carbons (Fsp3) is 0.889. The maximum absolute atomic E-state index is 13.3. The Morgan fingerprint density at radius 1 is 0.810 bits per heavy atom. The molecule has 5 aliphatic carbocycles. The quantitative estimate of drug-likeness (QED) is 0.349. The number of carboxylic acid groups (broad SMARTS) is 1. The first-order valence-electron chi connectivity index (χ1n) is 17.1. The van der Waals surface area contributed by atoms with Crippen molar-refractivity contribution in [1.82, 2.24) is 9.80 Å². The molecule has 6 aliphatic rings. The summed E-state index contributed by atoms with van der Waals surface area (Å²) in [5.41, 5.74) is 1.09. The van der Waals surface area contributed by atoms with Gasteiger partial charge in [-0.2, -0.15) is 0 Å². The lowest BCUT2D eigenvalue weighted by atomic mass is 9.32. The molecule has 5 saturated carbocycles. The minimum absolute atomic E-state index is 0.0420. The van der Waals surface area contributed by atoms with Gasteiger partial charge in [0.1, 0.15) is 6.10 Å². The minimum Gasteiger partial charge on any atom is -0.481 e. The Bertz CT molecular complexity index is 1130. The van der Waals surface area contributed by atoms with Crippen LogP contribution in [-0.2, 0) is 9.53 Å². The van der Waals surface area contributed by atoms with Crippen LogP contribution in [0, 0.1) is 56.7 Å². The first kappa shape index (κ1) is 30.5. The number of rotatable bonds is 3. The Kier molecular flexibility index (Phi) is 7.23. The molecule has 0 aromatic rings. The Hall–Kier alpha value is -1.56. The summed E-state index contributed by atoms with van der Waals surface area (Å²) in [5.74, 6) is 1.58. The molecule has 6 fully saturated rings. The van der Waals surface area contributed by atoms with Gasteiger partial charge in [-0.1, -0.05) is 46.8 Å². The van der Waals surface area contributed by atoms with E-state index in [1.54, 1.807) is 0 Å². The standard InChI is InChI=1S/C36H58N2O4/c1-23(2)24-11-16-36(30(39)40)18-17-34(6)25(29(24)36)9-10-27-33(5)14-13-28(32(3,4)26(33)12-15-35(27,34)7)42-31(41)38-21-19-37(8)20-22-38/h24-29H,1,9-22H2,2-8H3,(H,39,40)/t24-,25+,26-,27+,28-,29+,33-,34+,35+,36-/m0/s1. The molecule has 0 spiro atoms. The van der Waals surface area contributed by atoms with Gasteiger partial charge in [0.05, 0.1) is 5.41 Å². The highest BCUT2D eigenvalue weighted by molar-refractivity contribution is 5.76. The van der Waals surface area contributed by atoms with Gasteiger partial charge in [0.2, 0.25) is 0 Å². The summed E-state index contributed by atoms with van der Waals surface area (Å²) in [7, 11) is 2.11. The van der Waals surface area contributed by atoms with Crippen LogP contribution in [0.2, 0.25) is 0 Å². The summed E-state index contributed by atoms with van der Waals surface area (Å²) >= 11 is 0. The Labute approximate surface area is 255 Å². The second-order valence-corrected chi connectivity index (χ2v) is 17.2. The van der Waals surface area contributed by atoms with Gasteiger partial charge in [0, 0.05) is 31.6 Å². The van der Waals surface area contributed by atoms with E-state index in [1.807, 2.05) is 4.90 Å². The van der Waals surface area contributed by atoms with E-state index in [9.17, 15) is 14.7 Å². The van der Waals surface area contributed by atoms with Crippen molar-refractivity contribution in [3.63, 3.8) is 0 Å². The number of aliphatic carboxylic acids is 1. The maximum atomic E-state index is 13.3. The average molecular weight is 583 g/mol. The number of likely N-dealkylation sites (N-methyl/N-ethyl adjacent to an activating group) is 1. The van der Waals surface area contributed by atoms with Crippen LogP contribution in [0.25, 0.3) is 0 Å². The molecular formula is C36H58N2O4. The highest BCUT2D eigenvalue weighted by atomic mass is 16.6. The molecule has 1 saturated heterocycles. The van der Waals surface area contributed by atoms with Crippen molar-refractivity contribution in [1.29, 1.82) is 0 Å². The van der Waals surface area contributed by atoms with Crippen molar-refractivity contribution in [2.24, 2.45) is 56.7 Å². The number of ether oxygens (including phenoxy) is 1. The third-order valence-corrected chi connectivity index (χ3v) is 15.4. The number of piperazine rings is 1. The second kappa shape index (κ2) is 9.97. The van der Waals surface area contributed by atoms with Crippen molar-refractivity contribution in [2.45, 2.75) is 112 Å². The van der Waals surface area contributed by atoms with Gasteiger partial charge < -0.3 is 19.6 Å². The largest absolute Gasteiger partial charge is 0.481 e. The number of nitrogens with zero attached hydrogens (tertiary/aromatic N) is 2. The van der Waals surface area contributed by atoms with E-state index in [2.05, 4.69) is 60.1 Å². The fourth-order valence-corrected chi connectivity index (χ4v) is 12.9. The lowest BCUT2D eigenvalue weighted by Crippen LogP contribution is -2.67. The van der Waals surface area contributed by atoms with Crippen LogP contribution < -0.4 is 0 Å².